The highest BCUT2D eigenvalue weighted by Crippen LogP contribution is 2.26. The molecule has 0 aliphatic heterocycles. The van der Waals surface area contributed by atoms with Gasteiger partial charge >= 0.3 is 0 Å². The van der Waals surface area contributed by atoms with E-state index in [0.29, 0.717) is 10.0 Å². The summed E-state index contributed by atoms with van der Waals surface area (Å²) in [4.78, 5) is 0. The lowest BCUT2D eigenvalue weighted by atomic mass is 10.0. The number of halogens is 2. The van der Waals surface area contributed by atoms with Crippen LogP contribution in [0.4, 0.5) is 0 Å². The molecule has 0 saturated heterocycles. The molecule has 0 bridgehead atoms. The summed E-state index contributed by atoms with van der Waals surface area (Å²) in [6.45, 7) is 3.72. The first kappa shape index (κ1) is 16.5. The van der Waals surface area contributed by atoms with Crippen LogP contribution >= 0.6 is 23.2 Å². The van der Waals surface area contributed by atoms with Crippen LogP contribution in [0, 0.1) is 0 Å². The van der Waals surface area contributed by atoms with E-state index in [9.17, 15) is 0 Å². The van der Waals surface area contributed by atoms with E-state index in [1.54, 1.807) is 0 Å². The number of unbranched alkanes of at least 4 members (excludes halogenated alkanes) is 3. The van der Waals surface area contributed by atoms with Crippen LogP contribution in [0.25, 0.3) is 0 Å². The van der Waals surface area contributed by atoms with Gasteiger partial charge < -0.3 is 0 Å². The molecule has 1 aromatic carbocycles. The Kier molecular flexibility index (Phi) is 8.15. The Balaban J connectivity index is 2.45. The molecule has 1 rings (SSSR count). The molecule has 0 spiro atoms. The summed E-state index contributed by atoms with van der Waals surface area (Å²) in [5.41, 5.74) is 3.83. The van der Waals surface area contributed by atoms with Crippen LogP contribution < -0.4 is 11.3 Å². The van der Waals surface area contributed by atoms with Crippen molar-refractivity contribution in [1.82, 2.24) is 5.43 Å². The van der Waals surface area contributed by atoms with Gasteiger partial charge in [-0.1, -0.05) is 48.2 Å². The molecule has 0 saturated carbocycles. The minimum atomic E-state index is 0.209. The van der Waals surface area contributed by atoms with Crippen molar-refractivity contribution in [1.29, 1.82) is 0 Å². The van der Waals surface area contributed by atoms with Crippen molar-refractivity contribution < 1.29 is 0 Å². The summed E-state index contributed by atoms with van der Waals surface area (Å²) >= 11 is 12.3. The molecule has 106 valence electrons. The van der Waals surface area contributed by atoms with Gasteiger partial charge in [0.25, 0.3) is 0 Å². The maximum Gasteiger partial charge on any atom is 0.0453 e. The number of hydrogen-bond donors (Lipinski definition) is 2. The van der Waals surface area contributed by atoms with Crippen LogP contribution in [0.5, 0.6) is 0 Å². The fraction of sp³-hybridized carbons (Fsp3) is 0.467. The topological polar surface area (TPSA) is 38.0 Å². The highest BCUT2D eigenvalue weighted by Gasteiger charge is 2.12. The van der Waals surface area contributed by atoms with Crippen molar-refractivity contribution >= 4 is 23.2 Å². The smallest absolute Gasteiger partial charge is 0.0453 e. The van der Waals surface area contributed by atoms with Crippen molar-refractivity contribution in [3.05, 3.63) is 46.5 Å². The lowest BCUT2D eigenvalue weighted by Crippen LogP contribution is -2.36. The molecule has 1 unspecified atom stereocenters. The maximum atomic E-state index is 6.17. The van der Waals surface area contributed by atoms with Gasteiger partial charge in [0, 0.05) is 16.1 Å². The van der Waals surface area contributed by atoms with E-state index in [4.69, 9.17) is 29.0 Å². The van der Waals surface area contributed by atoms with Crippen molar-refractivity contribution in [3.8, 4) is 0 Å². The van der Waals surface area contributed by atoms with Crippen LogP contribution in [0.2, 0.25) is 10.0 Å². The molecule has 0 aliphatic rings. The average molecular weight is 301 g/mol. The first-order valence-electron chi connectivity index (χ1n) is 6.69. The molecular weight excluding hydrogens is 279 g/mol. The highest BCUT2D eigenvalue weighted by atomic mass is 35.5. The summed E-state index contributed by atoms with van der Waals surface area (Å²) in [5.74, 6) is 5.61. The van der Waals surface area contributed by atoms with E-state index >= 15 is 0 Å². The van der Waals surface area contributed by atoms with Crippen molar-refractivity contribution in [2.45, 2.75) is 44.6 Å². The van der Waals surface area contributed by atoms with Gasteiger partial charge in [0.05, 0.1) is 0 Å². The van der Waals surface area contributed by atoms with E-state index in [1.165, 1.54) is 12.8 Å². The van der Waals surface area contributed by atoms with Crippen molar-refractivity contribution in [3.63, 3.8) is 0 Å². The van der Waals surface area contributed by atoms with E-state index in [-0.39, 0.29) is 6.04 Å². The number of hydrogen-bond acceptors (Lipinski definition) is 2. The zero-order valence-electron chi connectivity index (χ0n) is 11.2. The van der Waals surface area contributed by atoms with Gasteiger partial charge in [0.2, 0.25) is 0 Å². The first-order chi connectivity index (χ1) is 9.19. The summed E-state index contributed by atoms with van der Waals surface area (Å²) < 4.78 is 0. The van der Waals surface area contributed by atoms with Crippen LogP contribution in [0.3, 0.4) is 0 Å². The molecular formula is C15H22Cl2N2. The Hall–Kier alpha value is -0.540. The number of rotatable bonds is 9. The molecule has 1 atom stereocenters. The predicted octanol–water partition coefficient (Wildman–Crippen LogP) is 4.50. The lowest BCUT2D eigenvalue weighted by Gasteiger charge is -2.17. The summed E-state index contributed by atoms with van der Waals surface area (Å²) in [7, 11) is 0. The molecule has 0 aliphatic carbocycles. The molecule has 1 aromatic rings. The summed E-state index contributed by atoms with van der Waals surface area (Å²) in [5, 5.41) is 1.42. The van der Waals surface area contributed by atoms with E-state index in [1.807, 2.05) is 24.3 Å². The maximum absolute atomic E-state index is 6.17. The SMILES string of the molecule is C=CCCCCCC(Cc1c(Cl)cccc1Cl)NN. The molecule has 0 amide bonds. The Labute approximate surface area is 125 Å². The highest BCUT2D eigenvalue weighted by molar-refractivity contribution is 6.35. The van der Waals surface area contributed by atoms with Gasteiger partial charge in [-0.15, -0.1) is 6.58 Å². The minimum Gasteiger partial charge on any atom is -0.271 e. The quantitative estimate of drug-likeness (QED) is 0.305. The van der Waals surface area contributed by atoms with Crippen LogP contribution in [-0.4, -0.2) is 6.04 Å². The normalized spacial score (nSPS) is 12.4. The van der Waals surface area contributed by atoms with Gasteiger partial charge in [-0.3, -0.25) is 11.3 Å². The lowest BCUT2D eigenvalue weighted by molar-refractivity contribution is 0.464. The number of nitrogens with one attached hydrogen (secondary N) is 1. The second kappa shape index (κ2) is 9.38. The molecule has 19 heavy (non-hydrogen) atoms. The third-order valence-corrected chi connectivity index (χ3v) is 3.92. The summed E-state index contributed by atoms with van der Waals surface area (Å²) in [6.07, 6.45) is 8.35. The van der Waals surface area contributed by atoms with Gasteiger partial charge in [-0.2, -0.15) is 0 Å². The molecule has 0 aromatic heterocycles. The minimum absolute atomic E-state index is 0.209. The van der Waals surface area contributed by atoms with Crippen molar-refractivity contribution in [2.75, 3.05) is 0 Å². The number of benzene rings is 1. The Bertz CT molecular complexity index is 373. The average Bonchev–Trinajstić information content (AvgIpc) is 2.40. The number of nitrogens with two attached hydrogens (primary N) is 1. The molecule has 0 heterocycles. The third kappa shape index (κ3) is 5.96. The number of allylic oxidation sites excluding steroid dienone is 1. The fourth-order valence-electron chi connectivity index (χ4n) is 2.07. The monoisotopic (exact) mass is 300 g/mol. The van der Waals surface area contributed by atoms with E-state index < -0.39 is 0 Å². The molecule has 4 heteroatoms. The van der Waals surface area contributed by atoms with Crippen LogP contribution in [0.15, 0.2) is 30.9 Å². The second-order valence-electron chi connectivity index (χ2n) is 4.69. The van der Waals surface area contributed by atoms with E-state index in [2.05, 4.69) is 12.0 Å². The molecule has 0 radical (unpaired) electrons. The largest absolute Gasteiger partial charge is 0.271 e. The van der Waals surface area contributed by atoms with Gasteiger partial charge in [0.15, 0.2) is 0 Å². The molecule has 3 N–H and O–H groups in total. The fourth-order valence-corrected chi connectivity index (χ4v) is 2.63. The Morgan fingerprint density at radius 1 is 1.21 bits per heavy atom. The predicted molar refractivity (Wildman–Crippen MR) is 84.6 cm³/mol. The Morgan fingerprint density at radius 2 is 1.89 bits per heavy atom. The van der Waals surface area contributed by atoms with Gasteiger partial charge in [-0.25, -0.2) is 0 Å². The Morgan fingerprint density at radius 3 is 2.47 bits per heavy atom. The number of hydrazine groups is 1. The standard InChI is InChI=1S/C15H22Cl2N2/c1-2-3-4-5-6-8-12(19-18)11-13-14(16)9-7-10-15(13)17/h2,7,9-10,12,19H,1,3-6,8,11,18H2. The first-order valence-corrected chi connectivity index (χ1v) is 7.44. The third-order valence-electron chi connectivity index (χ3n) is 3.21. The summed E-state index contributed by atoms with van der Waals surface area (Å²) in [6, 6.07) is 5.79. The van der Waals surface area contributed by atoms with Gasteiger partial charge in [0.1, 0.15) is 0 Å². The second-order valence-corrected chi connectivity index (χ2v) is 5.51. The van der Waals surface area contributed by atoms with E-state index in [0.717, 1.165) is 31.2 Å². The van der Waals surface area contributed by atoms with Crippen molar-refractivity contribution in [2.24, 2.45) is 5.84 Å². The zero-order valence-corrected chi connectivity index (χ0v) is 12.7. The molecule has 0 fully saturated rings. The van der Waals surface area contributed by atoms with Crippen LogP contribution in [-0.2, 0) is 6.42 Å². The van der Waals surface area contributed by atoms with Gasteiger partial charge in [-0.05, 0) is 43.4 Å². The zero-order chi connectivity index (χ0) is 14.1. The molecule has 2 nitrogen and oxygen atoms in total. The van der Waals surface area contributed by atoms with Crippen LogP contribution in [0.1, 0.15) is 37.7 Å².